The summed E-state index contributed by atoms with van der Waals surface area (Å²) in [4.78, 5) is 7.48. The molecule has 76 heavy (non-hydrogen) atoms. The monoisotopic (exact) mass is 986 g/mol. The topological polar surface area (TPSA) is 77.0 Å². The maximum atomic E-state index is 6.38. The van der Waals surface area contributed by atoms with Gasteiger partial charge in [-0.2, -0.15) is 0 Å². The van der Waals surface area contributed by atoms with E-state index < -0.39 is 0 Å². The molecule has 2 N–H and O–H groups in total. The average Bonchev–Trinajstić information content (AvgIpc) is 4.45. The van der Waals surface area contributed by atoms with Crippen LogP contribution < -0.4 is 4.74 Å². The number of methoxy groups -OCH3 is 1. The highest BCUT2D eigenvalue weighted by atomic mass is 16.5. The van der Waals surface area contributed by atoms with Crippen LogP contribution in [0.2, 0.25) is 0 Å². The number of benzene rings is 11. The summed E-state index contributed by atoms with van der Waals surface area (Å²) in [5, 5.41) is 14.3. The minimum Gasteiger partial charge on any atom is -0.497 e. The van der Waals surface area contributed by atoms with Crippen molar-refractivity contribution < 1.29 is 16.5 Å². The van der Waals surface area contributed by atoms with Crippen molar-refractivity contribution in [1.29, 1.82) is 0 Å². The highest BCUT2D eigenvalue weighted by Gasteiger charge is 2.22. The molecule has 0 unspecified atom stereocenters. The van der Waals surface area contributed by atoms with E-state index in [1.54, 1.807) is 7.11 Å². The van der Waals surface area contributed by atoms with Crippen LogP contribution in [-0.2, 0) is 0 Å². The molecule has 0 bridgehead atoms. The van der Waals surface area contributed by atoms with Gasteiger partial charge in [0.1, 0.15) is 28.1 Å². The van der Waals surface area contributed by atoms with Crippen molar-refractivity contribution in [3.05, 3.63) is 236 Å². The van der Waals surface area contributed by atoms with Crippen LogP contribution in [0.3, 0.4) is 0 Å². The molecule has 0 atom stereocenters. The predicted molar refractivity (Wildman–Crippen MR) is 321 cm³/mol. The molecule has 0 radical (unpaired) electrons. The van der Waals surface area contributed by atoms with Gasteiger partial charge in [0.25, 0.3) is 0 Å². The first-order valence-electron chi connectivity index (χ1n) is 26.4. The zero-order chi connectivity index (χ0) is 51.7. The molecule has 0 aliphatic rings. The quantitative estimate of drug-likeness (QED) is 0.185. The lowest BCUT2D eigenvalue weighted by molar-refractivity contribution is 0.414. The zero-order valence-corrected chi connectivity index (χ0v) is 41.1. The first-order valence-corrected chi connectivity index (χ1v) is 25.4. The third kappa shape index (κ3) is 6.75. The van der Waals surface area contributed by atoms with Crippen LogP contribution in [0, 0.1) is 6.92 Å². The van der Waals surface area contributed by atoms with E-state index in [-0.39, 0.29) is 7.43 Å². The number of fused-ring (bicyclic) bond motifs is 22. The maximum absolute atomic E-state index is 6.38. The SMILES string of the molecule is C.COc1ccc(C)cc1.[2H][2H].c1ccc(-n2c3ccccc3c3c4[nH]c5ccc6c7ccccc7oc6c5c4ccc32)cc1.c1ccc(-n2c3ccccc3c3c4[nH]c5ccc6c7ccccc7oc6c5c4ccc32)cc1. The fraction of sp³-hybridized carbons (Fsp3) is 0.0435. The van der Waals surface area contributed by atoms with Crippen molar-refractivity contribution in [2.75, 3.05) is 7.11 Å². The highest BCUT2D eigenvalue weighted by Crippen LogP contribution is 2.45. The molecule has 0 saturated heterocycles. The normalized spacial score (nSPS) is 11.8. The number of H-pyrrole nitrogens is 2. The number of aromatic nitrogens is 4. The minimum absolute atomic E-state index is 0. The Morgan fingerprint density at radius 3 is 1.21 bits per heavy atom. The number of nitrogens with zero attached hydrogens (tertiary/aromatic N) is 2. The summed E-state index contributed by atoms with van der Waals surface area (Å²) in [6.07, 6.45) is 0. The summed E-state index contributed by atoms with van der Waals surface area (Å²) in [5.74, 6) is 0.917. The van der Waals surface area contributed by atoms with E-state index in [9.17, 15) is 0 Å². The number of ether oxygens (including phenoxy) is 1. The number of furan rings is 2. The van der Waals surface area contributed by atoms with E-state index in [1.807, 2.05) is 48.5 Å². The fourth-order valence-corrected chi connectivity index (χ4v) is 11.8. The van der Waals surface area contributed by atoms with Gasteiger partial charge in [0.15, 0.2) is 0 Å². The van der Waals surface area contributed by atoms with Crippen molar-refractivity contribution in [2.45, 2.75) is 14.4 Å². The van der Waals surface area contributed by atoms with Gasteiger partial charge in [0, 0.05) is 68.2 Å². The van der Waals surface area contributed by atoms with Gasteiger partial charge in [-0.3, -0.25) is 0 Å². The Kier molecular flexibility index (Phi) is 10.1. The number of hydrogen-bond donors (Lipinski definition) is 2. The molecular formula is C69H52N4O3. The van der Waals surface area contributed by atoms with Crippen molar-refractivity contribution in [1.82, 2.24) is 19.1 Å². The van der Waals surface area contributed by atoms with Gasteiger partial charge in [-0.05, 0) is 116 Å². The number of rotatable bonds is 3. The van der Waals surface area contributed by atoms with Crippen LogP contribution in [-0.4, -0.2) is 26.2 Å². The summed E-state index contributed by atoms with van der Waals surface area (Å²) in [6.45, 7) is 2.06. The molecule has 0 fully saturated rings. The molecule has 7 heteroatoms. The molecule has 11 aromatic carbocycles. The van der Waals surface area contributed by atoms with E-state index in [4.69, 9.17) is 16.5 Å². The number of para-hydroxylation sites is 6. The molecule has 17 rings (SSSR count). The Labute approximate surface area is 439 Å². The lowest BCUT2D eigenvalue weighted by Gasteiger charge is -2.07. The first kappa shape index (κ1) is 43.6. The molecule has 0 aliphatic carbocycles. The van der Waals surface area contributed by atoms with Crippen molar-refractivity contribution in [3.63, 3.8) is 0 Å². The molecule has 0 aliphatic heterocycles. The molecule has 0 spiro atoms. The van der Waals surface area contributed by atoms with Crippen LogP contribution >= 0.6 is 0 Å². The van der Waals surface area contributed by atoms with E-state index in [1.165, 1.54) is 71.3 Å². The zero-order valence-electron chi connectivity index (χ0n) is 43.1. The molecule has 17 aromatic rings. The smallest absolute Gasteiger partial charge is 0.145 e. The maximum Gasteiger partial charge on any atom is 0.145 e. The van der Waals surface area contributed by atoms with Crippen molar-refractivity contribution in [3.8, 4) is 17.1 Å². The van der Waals surface area contributed by atoms with Crippen LogP contribution in [0.4, 0.5) is 0 Å². The van der Waals surface area contributed by atoms with Crippen LogP contribution in [0.1, 0.15) is 16.0 Å². The van der Waals surface area contributed by atoms with Crippen molar-refractivity contribution in [2.24, 2.45) is 0 Å². The van der Waals surface area contributed by atoms with Gasteiger partial charge < -0.3 is 32.7 Å². The Bertz CT molecular complexity index is 4760. The van der Waals surface area contributed by atoms with E-state index in [0.29, 0.717) is 0 Å². The van der Waals surface area contributed by atoms with Crippen molar-refractivity contribution >= 4 is 131 Å². The summed E-state index contributed by atoms with van der Waals surface area (Å²) in [7, 11) is 1.67. The highest BCUT2D eigenvalue weighted by molar-refractivity contribution is 6.31. The number of nitrogens with one attached hydrogen (secondary N) is 2. The number of hydrogen-bond acceptors (Lipinski definition) is 3. The van der Waals surface area contributed by atoms with Gasteiger partial charge in [-0.25, -0.2) is 0 Å². The fourth-order valence-electron chi connectivity index (χ4n) is 11.8. The summed E-state index contributed by atoms with van der Waals surface area (Å²) in [5.41, 5.74) is 16.7. The molecular weight excluding hydrogens is 933 g/mol. The molecule has 0 amide bonds. The van der Waals surface area contributed by atoms with Gasteiger partial charge in [0.05, 0.1) is 62.0 Å². The molecule has 7 nitrogen and oxygen atoms in total. The Balaban J connectivity index is 0.000000124. The first-order chi connectivity index (χ1) is 38.1. The Morgan fingerprint density at radius 1 is 0.368 bits per heavy atom. The number of aromatic amines is 2. The number of aryl methyl sites for hydroxylation is 1. The van der Waals surface area contributed by atoms with Gasteiger partial charge >= 0.3 is 0 Å². The summed E-state index contributed by atoms with van der Waals surface area (Å²) >= 11 is 0. The largest absolute Gasteiger partial charge is 0.497 e. The lowest BCUT2D eigenvalue weighted by Crippen LogP contribution is -1.92. The Hall–Kier alpha value is -9.98. The van der Waals surface area contributed by atoms with Crippen LogP contribution in [0.25, 0.3) is 142 Å². The molecule has 366 valence electrons. The molecule has 6 aromatic heterocycles. The van der Waals surface area contributed by atoms with Gasteiger partial charge in [0.2, 0.25) is 0 Å². The van der Waals surface area contributed by atoms with Gasteiger partial charge in [-0.1, -0.05) is 134 Å². The second-order valence-electron chi connectivity index (χ2n) is 19.3. The second-order valence-corrected chi connectivity index (χ2v) is 19.3. The van der Waals surface area contributed by atoms with Gasteiger partial charge in [-0.15, -0.1) is 0 Å². The third-order valence-corrected chi connectivity index (χ3v) is 15.1. The summed E-state index contributed by atoms with van der Waals surface area (Å²) in [6, 6.07) is 80.7. The van der Waals surface area contributed by atoms with E-state index in [2.05, 4.69) is 208 Å². The molecule has 6 heterocycles. The van der Waals surface area contributed by atoms with E-state index >= 15 is 0 Å². The third-order valence-electron chi connectivity index (χ3n) is 15.1. The van der Waals surface area contributed by atoms with Crippen LogP contribution in [0.15, 0.2) is 239 Å². The minimum atomic E-state index is 0. The van der Waals surface area contributed by atoms with E-state index in [0.717, 1.165) is 82.5 Å². The van der Waals surface area contributed by atoms with Crippen LogP contribution in [0.5, 0.6) is 5.75 Å². The summed E-state index contributed by atoms with van der Waals surface area (Å²) < 4.78 is 32.4. The second kappa shape index (κ2) is 17.6. The lowest BCUT2D eigenvalue weighted by atomic mass is 10.1. The molecule has 0 saturated carbocycles. The standard InChI is InChI=1S/2C30H18N2O.C8H10O.CH4.H2/c2*1-2-8-18(9-3-1)32-24-12-6-4-11-21(24)28-25(32)17-15-22-27-23(31-29(22)28)16-14-20-19-10-5-7-13-26(19)33-30(20)27;1-7-3-5-8(9-2)6-4-7;;/h2*1-17,31H;3-6H,1-2H3;1H4;1H/i;;;;1+1D. The average molecular weight is 987 g/mol. The predicted octanol–water partition coefficient (Wildman–Crippen LogP) is 19.5. The Morgan fingerprint density at radius 2 is 0.763 bits per heavy atom.